The van der Waals surface area contributed by atoms with Crippen molar-refractivity contribution in [3.05, 3.63) is 30.3 Å². The molecule has 0 bridgehead atoms. The summed E-state index contributed by atoms with van der Waals surface area (Å²) in [5.74, 6) is 1.61. The summed E-state index contributed by atoms with van der Waals surface area (Å²) in [4.78, 5) is 2.28. The molecule has 1 aliphatic rings. The molecule has 0 aliphatic carbocycles. The molecule has 0 unspecified atom stereocenters. The van der Waals surface area contributed by atoms with Gasteiger partial charge < -0.3 is 10.2 Å². The lowest BCUT2D eigenvalue weighted by Crippen LogP contribution is -2.38. The van der Waals surface area contributed by atoms with Gasteiger partial charge in [0.15, 0.2) is 0 Å². The zero-order chi connectivity index (χ0) is 13.8. The number of rotatable bonds is 4. The van der Waals surface area contributed by atoms with Gasteiger partial charge in [-0.3, -0.25) is 0 Å². The Morgan fingerprint density at radius 1 is 1.20 bits per heavy atom. The minimum absolute atomic E-state index is 0.761. The van der Waals surface area contributed by atoms with E-state index < -0.39 is 0 Å². The van der Waals surface area contributed by atoms with Crippen LogP contribution in [0.25, 0.3) is 5.69 Å². The Labute approximate surface area is 118 Å². The average Bonchev–Trinajstić information content (AvgIpc) is 2.99. The Hall–Kier alpha value is -1.95. The van der Waals surface area contributed by atoms with Crippen LogP contribution in [0.3, 0.4) is 0 Å². The molecule has 0 atom stereocenters. The Morgan fingerprint density at radius 2 is 1.95 bits per heavy atom. The van der Waals surface area contributed by atoms with Gasteiger partial charge in [0.1, 0.15) is 0 Å². The number of aromatic nitrogens is 4. The molecule has 0 saturated carbocycles. The van der Waals surface area contributed by atoms with Gasteiger partial charge >= 0.3 is 0 Å². The lowest BCUT2D eigenvalue weighted by Gasteiger charge is -2.31. The van der Waals surface area contributed by atoms with E-state index in [0.717, 1.165) is 37.2 Å². The van der Waals surface area contributed by atoms with Gasteiger partial charge in [-0.05, 0) is 54.9 Å². The maximum absolute atomic E-state index is 4.20. The summed E-state index contributed by atoms with van der Waals surface area (Å²) in [7, 11) is 2.02. The van der Waals surface area contributed by atoms with Crippen molar-refractivity contribution in [1.82, 2.24) is 25.5 Å². The largest absolute Gasteiger partial charge is 0.339 e. The van der Waals surface area contributed by atoms with Crippen molar-refractivity contribution >= 4 is 5.95 Å². The molecule has 1 aromatic heterocycles. The first-order valence-corrected chi connectivity index (χ1v) is 7.12. The van der Waals surface area contributed by atoms with Crippen LogP contribution in [0.4, 0.5) is 5.95 Å². The fourth-order valence-corrected chi connectivity index (χ4v) is 2.74. The molecule has 0 amide bonds. The molecular weight excluding hydrogens is 252 g/mol. The van der Waals surface area contributed by atoms with E-state index in [1.54, 1.807) is 0 Å². The fraction of sp³-hybridized carbons (Fsp3) is 0.500. The molecule has 6 nitrogen and oxygen atoms in total. The van der Waals surface area contributed by atoms with Crippen molar-refractivity contribution in [2.45, 2.75) is 12.8 Å². The second-order valence-corrected chi connectivity index (χ2v) is 5.21. The molecule has 1 fully saturated rings. The van der Waals surface area contributed by atoms with E-state index in [1.807, 2.05) is 42.1 Å². The summed E-state index contributed by atoms with van der Waals surface area (Å²) < 4.78 is 1.82. The number of nitrogens with zero attached hydrogens (tertiary/aromatic N) is 5. The second kappa shape index (κ2) is 6.00. The molecule has 1 aromatic carbocycles. The van der Waals surface area contributed by atoms with E-state index >= 15 is 0 Å². The molecule has 2 aromatic rings. The first-order valence-electron chi connectivity index (χ1n) is 7.12. The Kier molecular flexibility index (Phi) is 3.92. The number of tetrazole rings is 1. The molecule has 20 heavy (non-hydrogen) atoms. The smallest absolute Gasteiger partial charge is 0.250 e. The first kappa shape index (κ1) is 13.1. The van der Waals surface area contributed by atoms with Crippen LogP contribution in [0.15, 0.2) is 30.3 Å². The minimum atomic E-state index is 0.761. The number of nitrogens with one attached hydrogen (secondary N) is 1. The zero-order valence-electron chi connectivity index (χ0n) is 11.7. The lowest BCUT2D eigenvalue weighted by molar-refractivity contribution is 0.390. The number of hydrogen-bond acceptors (Lipinski definition) is 5. The quantitative estimate of drug-likeness (QED) is 0.903. The van der Waals surface area contributed by atoms with Gasteiger partial charge in [-0.25, -0.2) is 0 Å². The SMILES string of the molecule is CNCC1CCN(c2nnnn2-c2ccccc2)CC1. The van der Waals surface area contributed by atoms with Crippen LogP contribution >= 0.6 is 0 Å². The van der Waals surface area contributed by atoms with E-state index in [9.17, 15) is 0 Å². The van der Waals surface area contributed by atoms with Gasteiger partial charge in [0, 0.05) is 13.1 Å². The topological polar surface area (TPSA) is 58.9 Å². The molecule has 1 aliphatic heterocycles. The predicted molar refractivity (Wildman–Crippen MR) is 78.0 cm³/mol. The third-order valence-electron chi connectivity index (χ3n) is 3.84. The standard InChI is InChI=1S/C14H20N6/c1-15-11-12-7-9-19(10-8-12)14-16-17-18-20(14)13-5-3-2-4-6-13/h2-6,12,15H,7-11H2,1H3. The molecule has 3 rings (SSSR count). The number of benzene rings is 1. The molecule has 0 radical (unpaired) electrons. The number of anilines is 1. The van der Waals surface area contributed by atoms with E-state index in [-0.39, 0.29) is 0 Å². The van der Waals surface area contributed by atoms with Crippen molar-refractivity contribution in [3.63, 3.8) is 0 Å². The Balaban J connectivity index is 1.75. The molecule has 1 saturated heterocycles. The highest BCUT2D eigenvalue weighted by atomic mass is 15.6. The third kappa shape index (κ3) is 2.65. The lowest BCUT2D eigenvalue weighted by atomic mass is 9.97. The predicted octanol–water partition coefficient (Wildman–Crippen LogP) is 1.10. The average molecular weight is 272 g/mol. The van der Waals surface area contributed by atoms with Crippen LogP contribution in [0, 0.1) is 5.92 Å². The third-order valence-corrected chi connectivity index (χ3v) is 3.84. The van der Waals surface area contributed by atoms with Crippen molar-refractivity contribution in [2.24, 2.45) is 5.92 Å². The van der Waals surface area contributed by atoms with E-state index in [1.165, 1.54) is 12.8 Å². The highest BCUT2D eigenvalue weighted by molar-refractivity contribution is 5.40. The highest BCUT2D eigenvalue weighted by Gasteiger charge is 2.23. The van der Waals surface area contributed by atoms with Crippen LogP contribution < -0.4 is 10.2 Å². The van der Waals surface area contributed by atoms with Gasteiger partial charge in [-0.1, -0.05) is 23.3 Å². The summed E-state index contributed by atoms with van der Waals surface area (Å²) >= 11 is 0. The van der Waals surface area contributed by atoms with E-state index in [0.29, 0.717) is 0 Å². The fourth-order valence-electron chi connectivity index (χ4n) is 2.74. The summed E-state index contributed by atoms with van der Waals surface area (Å²) in [6, 6.07) is 10.0. The number of piperidine rings is 1. The molecule has 2 heterocycles. The summed E-state index contributed by atoms with van der Waals surface area (Å²) in [5.41, 5.74) is 1.00. The summed E-state index contributed by atoms with van der Waals surface area (Å²) in [6.07, 6.45) is 2.37. The molecular formula is C14H20N6. The van der Waals surface area contributed by atoms with E-state index in [4.69, 9.17) is 0 Å². The minimum Gasteiger partial charge on any atom is -0.339 e. The second-order valence-electron chi connectivity index (χ2n) is 5.21. The maximum atomic E-state index is 4.20. The highest BCUT2D eigenvalue weighted by Crippen LogP contribution is 2.22. The number of para-hydroxylation sites is 1. The Bertz CT molecular complexity index is 530. The summed E-state index contributed by atoms with van der Waals surface area (Å²) in [6.45, 7) is 3.12. The molecule has 106 valence electrons. The normalized spacial score (nSPS) is 16.6. The monoisotopic (exact) mass is 272 g/mol. The van der Waals surface area contributed by atoms with Crippen LogP contribution in [0.2, 0.25) is 0 Å². The van der Waals surface area contributed by atoms with E-state index in [2.05, 4.69) is 25.7 Å². The van der Waals surface area contributed by atoms with Crippen LogP contribution in [-0.4, -0.2) is 46.9 Å². The van der Waals surface area contributed by atoms with Gasteiger partial charge in [0.25, 0.3) is 0 Å². The van der Waals surface area contributed by atoms with Gasteiger partial charge in [-0.15, -0.1) is 0 Å². The van der Waals surface area contributed by atoms with Crippen molar-refractivity contribution in [3.8, 4) is 5.69 Å². The first-order chi connectivity index (χ1) is 9.88. The van der Waals surface area contributed by atoms with Crippen LogP contribution in [0.5, 0.6) is 0 Å². The Morgan fingerprint density at radius 3 is 2.65 bits per heavy atom. The van der Waals surface area contributed by atoms with Crippen molar-refractivity contribution in [2.75, 3.05) is 31.6 Å². The molecule has 1 N–H and O–H groups in total. The number of hydrogen-bond donors (Lipinski definition) is 1. The van der Waals surface area contributed by atoms with Crippen molar-refractivity contribution < 1.29 is 0 Å². The summed E-state index contributed by atoms with van der Waals surface area (Å²) in [5, 5.41) is 15.4. The maximum Gasteiger partial charge on any atom is 0.250 e. The van der Waals surface area contributed by atoms with Crippen LogP contribution in [-0.2, 0) is 0 Å². The van der Waals surface area contributed by atoms with Gasteiger partial charge in [0.2, 0.25) is 5.95 Å². The molecule has 0 spiro atoms. The van der Waals surface area contributed by atoms with Gasteiger partial charge in [0.05, 0.1) is 5.69 Å². The van der Waals surface area contributed by atoms with Gasteiger partial charge in [-0.2, -0.15) is 4.68 Å². The zero-order valence-corrected chi connectivity index (χ0v) is 11.7. The molecule has 6 heteroatoms. The van der Waals surface area contributed by atoms with Crippen LogP contribution in [0.1, 0.15) is 12.8 Å². The van der Waals surface area contributed by atoms with Crippen molar-refractivity contribution in [1.29, 1.82) is 0 Å².